The van der Waals surface area contributed by atoms with Crippen LogP contribution in [0.4, 0.5) is 0 Å². The maximum Gasteiger partial charge on any atom is 0.0580 e. The maximum atomic E-state index is 5.71. The van der Waals surface area contributed by atoms with Crippen LogP contribution in [0.25, 0.3) is 0 Å². The van der Waals surface area contributed by atoms with Gasteiger partial charge in [0, 0.05) is 12.6 Å². The van der Waals surface area contributed by atoms with Crippen LogP contribution < -0.4 is 5.32 Å². The summed E-state index contributed by atoms with van der Waals surface area (Å²) in [7, 11) is 0. The average Bonchev–Trinajstić information content (AvgIpc) is 2.40. The van der Waals surface area contributed by atoms with Crippen molar-refractivity contribution in [3.63, 3.8) is 0 Å². The molecule has 20 heavy (non-hydrogen) atoms. The highest BCUT2D eigenvalue weighted by atomic mass is 16.5. The third-order valence-corrected chi connectivity index (χ3v) is 5.38. The molecule has 0 heterocycles. The maximum absolute atomic E-state index is 5.71. The Morgan fingerprint density at radius 2 is 1.95 bits per heavy atom. The van der Waals surface area contributed by atoms with E-state index < -0.39 is 0 Å². The van der Waals surface area contributed by atoms with Gasteiger partial charge in [-0.25, -0.2) is 0 Å². The van der Waals surface area contributed by atoms with Crippen LogP contribution in [0.5, 0.6) is 0 Å². The first-order chi connectivity index (χ1) is 9.72. The summed E-state index contributed by atoms with van der Waals surface area (Å²) in [5, 5.41) is 3.86. The predicted molar refractivity (Wildman–Crippen MR) is 86.0 cm³/mol. The van der Waals surface area contributed by atoms with Crippen LogP contribution in [0.3, 0.4) is 0 Å². The number of hydrogen-bond acceptors (Lipinski definition) is 2. The van der Waals surface area contributed by atoms with E-state index >= 15 is 0 Å². The van der Waals surface area contributed by atoms with Crippen molar-refractivity contribution in [3.05, 3.63) is 0 Å². The summed E-state index contributed by atoms with van der Waals surface area (Å²) in [6.07, 6.45) is 11.6. The van der Waals surface area contributed by atoms with E-state index in [0.717, 1.165) is 30.4 Å². The van der Waals surface area contributed by atoms with Gasteiger partial charge in [0.2, 0.25) is 0 Å². The lowest BCUT2D eigenvalue weighted by atomic mass is 9.72. The predicted octanol–water partition coefficient (Wildman–Crippen LogP) is 4.39. The molecule has 0 saturated heterocycles. The highest BCUT2D eigenvalue weighted by molar-refractivity contribution is 4.88. The van der Waals surface area contributed by atoms with Crippen LogP contribution in [0.15, 0.2) is 0 Å². The Balaban J connectivity index is 1.78. The van der Waals surface area contributed by atoms with Gasteiger partial charge in [-0.1, -0.05) is 26.7 Å². The molecule has 118 valence electrons. The van der Waals surface area contributed by atoms with E-state index in [1.807, 2.05) is 0 Å². The molecule has 2 aliphatic carbocycles. The topological polar surface area (TPSA) is 21.3 Å². The Morgan fingerprint density at radius 1 is 1.15 bits per heavy atom. The summed E-state index contributed by atoms with van der Waals surface area (Å²) in [4.78, 5) is 0. The zero-order valence-electron chi connectivity index (χ0n) is 13.9. The van der Waals surface area contributed by atoms with Gasteiger partial charge in [-0.3, -0.25) is 0 Å². The summed E-state index contributed by atoms with van der Waals surface area (Å²) in [6.45, 7) is 8.91. The molecule has 0 aromatic carbocycles. The molecule has 0 aromatic rings. The van der Waals surface area contributed by atoms with Gasteiger partial charge in [-0.05, 0) is 69.7 Å². The molecule has 1 N–H and O–H groups in total. The van der Waals surface area contributed by atoms with Crippen LogP contribution in [0.2, 0.25) is 0 Å². The first kappa shape index (κ1) is 16.3. The van der Waals surface area contributed by atoms with Crippen LogP contribution in [0, 0.1) is 17.8 Å². The van der Waals surface area contributed by atoms with E-state index in [1.165, 1.54) is 57.9 Å². The largest absolute Gasteiger partial charge is 0.378 e. The van der Waals surface area contributed by atoms with Crippen molar-refractivity contribution in [2.45, 2.75) is 84.3 Å². The monoisotopic (exact) mass is 281 g/mol. The van der Waals surface area contributed by atoms with E-state index in [-0.39, 0.29) is 0 Å². The molecule has 0 aromatic heterocycles. The van der Waals surface area contributed by atoms with Crippen molar-refractivity contribution >= 4 is 0 Å². The lowest BCUT2D eigenvalue weighted by Gasteiger charge is -2.41. The fraction of sp³-hybridized carbons (Fsp3) is 1.00. The summed E-state index contributed by atoms with van der Waals surface area (Å²) >= 11 is 0. The van der Waals surface area contributed by atoms with Crippen LogP contribution in [0.1, 0.15) is 72.1 Å². The molecular formula is C18H35NO. The summed E-state index contributed by atoms with van der Waals surface area (Å²) in [6, 6.07) is 0.769. The number of rotatable bonds is 8. The molecule has 0 aliphatic heterocycles. The van der Waals surface area contributed by atoms with E-state index in [1.54, 1.807) is 0 Å². The van der Waals surface area contributed by atoms with Gasteiger partial charge < -0.3 is 10.1 Å². The van der Waals surface area contributed by atoms with Gasteiger partial charge in [0.25, 0.3) is 0 Å². The minimum Gasteiger partial charge on any atom is -0.378 e. The summed E-state index contributed by atoms with van der Waals surface area (Å²) < 4.78 is 5.71. The van der Waals surface area contributed by atoms with E-state index in [4.69, 9.17) is 4.74 Å². The van der Waals surface area contributed by atoms with Crippen LogP contribution in [-0.4, -0.2) is 25.3 Å². The average molecular weight is 281 g/mol. The Labute approximate surface area is 126 Å². The molecule has 2 fully saturated rings. The van der Waals surface area contributed by atoms with Crippen molar-refractivity contribution in [1.82, 2.24) is 5.32 Å². The summed E-state index contributed by atoms with van der Waals surface area (Å²) in [5.41, 5.74) is 0. The van der Waals surface area contributed by atoms with E-state index in [2.05, 4.69) is 26.1 Å². The zero-order chi connectivity index (χ0) is 14.4. The quantitative estimate of drug-likeness (QED) is 0.712. The van der Waals surface area contributed by atoms with Gasteiger partial charge in [0.15, 0.2) is 0 Å². The zero-order valence-corrected chi connectivity index (χ0v) is 13.9. The molecule has 0 bridgehead atoms. The number of ether oxygens (including phenoxy) is 1. The third kappa shape index (κ3) is 4.73. The third-order valence-electron chi connectivity index (χ3n) is 5.38. The van der Waals surface area contributed by atoms with Gasteiger partial charge in [0.05, 0.1) is 6.10 Å². The normalized spacial score (nSPS) is 35.5. The first-order valence-corrected chi connectivity index (χ1v) is 9.07. The van der Waals surface area contributed by atoms with E-state index in [0.29, 0.717) is 6.10 Å². The molecule has 2 nitrogen and oxygen atoms in total. The smallest absolute Gasteiger partial charge is 0.0580 e. The SMILES string of the molecule is CCCNC(CC1CC(OCC)C1)C1CCCC(C)C1. The number of hydrogen-bond donors (Lipinski definition) is 1. The Morgan fingerprint density at radius 3 is 2.60 bits per heavy atom. The molecule has 0 amide bonds. The fourth-order valence-electron chi connectivity index (χ4n) is 4.22. The van der Waals surface area contributed by atoms with Gasteiger partial charge in [-0.15, -0.1) is 0 Å². The molecule has 2 rings (SSSR count). The first-order valence-electron chi connectivity index (χ1n) is 9.07. The Bertz CT molecular complexity index is 262. The number of nitrogens with one attached hydrogen (secondary N) is 1. The standard InChI is InChI=1S/C18H35NO/c1-4-9-19-18(16-8-6-7-14(3)10-16)13-15-11-17(12-15)20-5-2/h14-19H,4-13H2,1-3H3. The molecule has 0 spiro atoms. The minimum atomic E-state index is 0.571. The second-order valence-corrected chi connectivity index (χ2v) is 7.24. The lowest BCUT2D eigenvalue weighted by Crippen LogP contribution is -2.43. The van der Waals surface area contributed by atoms with Crippen molar-refractivity contribution in [2.24, 2.45) is 17.8 Å². The molecule has 2 saturated carbocycles. The molecule has 2 aliphatic rings. The highest BCUT2D eigenvalue weighted by Crippen LogP contribution is 2.38. The fourth-order valence-corrected chi connectivity index (χ4v) is 4.22. The highest BCUT2D eigenvalue weighted by Gasteiger charge is 2.34. The molecule has 3 atom stereocenters. The summed E-state index contributed by atoms with van der Waals surface area (Å²) in [5.74, 6) is 2.78. The molecule has 3 unspecified atom stereocenters. The van der Waals surface area contributed by atoms with Crippen molar-refractivity contribution < 1.29 is 4.74 Å². The van der Waals surface area contributed by atoms with Crippen molar-refractivity contribution in [2.75, 3.05) is 13.2 Å². The molecule has 2 heteroatoms. The van der Waals surface area contributed by atoms with Crippen LogP contribution in [-0.2, 0) is 4.74 Å². The lowest BCUT2D eigenvalue weighted by molar-refractivity contribution is -0.0316. The van der Waals surface area contributed by atoms with Gasteiger partial charge in [0.1, 0.15) is 0 Å². The van der Waals surface area contributed by atoms with Crippen LogP contribution >= 0.6 is 0 Å². The van der Waals surface area contributed by atoms with Crippen molar-refractivity contribution in [3.8, 4) is 0 Å². The molecular weight excluding hydrogens is 246 g/mol. The Kier molecular flexibility index (Phi) is 6.83. The van der Waals surface area contributed by atoms with E-state index in [9.17, 15) is 0 Å². The van der Waals surface area contributed by atoms with Crippen molar-refractivity contribution in [1.29, 1.82) is 0 Å². The second-order valence-electron chi connectivity index (χ2n) is 7.24. The Hall–Kier alpha value is -0.0800. The minimum absolute atomic E-state index is 0.571. The van der Waals surface area contributed by atoms with Gasteiger partial charge >= 0.3 is 0 Å². The second kappa shape index (κ2) is 8.38. The molecule has 0 radical (unpaired) electrons. The van der Waals surface area contributed by atoms with Gasteiger partial charge in [-0.2, -0.15) is 0 Å².